The zero-order valence-corrected chi connectivity index (χ0v) is 8.56. The second-order valence-electron chi connectivity index (χ2n) is 2.84. The lowest BCUT2D eigenvalue weighted by Gasteiger charge is -2.19. The summed E-state index contributed by atoms with van der Waals surface area (Å²) in [4.78, 5) is 12.7. The Morgan fingerprint density at radius 1 is 1.57 bits per heavy atom. The summed E-state index contributed by atoms with van der Waals surface area (Å²) in [5, 5.41) is 11.1. The monoisotopic (exact) mass is 203 g/mol. The van der Waals surface area contributed by atoms with Crippen molar-refractivity contribution >= 4 is 11.7 Å². The quantitative estimate of drug-likeness (QED) is 0.266. The smallest absolute Gasteiger partial charge is 0.219 e. The van der Waals surface area contributed by atoms with E-state index in [4.69, 9.17) is 15.7 Å². The predicted octanol–water partition coefficient (Wildman–Crippen LogP) is -0.382. The molecule has 14 heavy (non-hydrogen) atoms. The van der Waals surface area contributed by atoms with E-state index >= 15 is 0 Å². The molecule has 1 amide bonds. The van der Waals surface area contributed by atoms with Crippen molar-refractivity contribution in [3.63, 3.8) is 0 Å². The van der Waals surface area contributed by atoms with Crippen molar-refractivity contribution in [3.05, 3.63) is 0 Å². The number of carbonyl (C=O) groups excluding carboxylic acids is 1. The fraction of sp³-hybridized carbons (Fsp3) is 0.750. The highest BCUT2D eigenvalue weighted by molar-refractivity contribution is 5.80. The van der Waals surface area contributed by atoms with Gasteiger partial charge in [-0.05, 0) is 0 Å². The number of nitrogens with zero attached hydrogens (tertiary/aromatic N) is 2. The van der Waals surface area contributed by atoms with Crippen LogP contribution in [-0.2, 0) is 9.53 Å². The summed E-state index contributed by atoms with van der Waals surface area (Å²) < 4.78 is 4.85. The molecule has 0 heterocycles. The maximum Gasteiger partial charge on any atom is 0.219 e. The SMILES string of the molecule is COCCN(CCC(N)=NO)C(C)=O. The van der Waals surface area contributed by atoms with E-state index < -0.39 is 0 Å². The molecule has 0 aliphatic heterocycles. The van der Waals surface area contributed by atoms with Gasteiger partial charge in [-0.3, -0.25) is 4.79 Å². The van der Waals surface area contributed by atoms with Crippen LogP contribution in [0.25, 0.3) is 0 Å². The van der Waals surface area contributed by atoms with Crippen LogP contribution >= 0.6 is 0 Å². The van der Waals surface area contributed by atoms with Gasteiger partial charge in [0.1, 0.15) is 5.84 Å². The third-order valence-electron chi connectivity index (χ3n) is 1.78. The molecule has 82 valence electrons. The number of rotatable bonds is 6. The van der Waals surface area contributed by atoms with Gasteiger partial charge in [-0.15, -0.1) is 0 Å². The standard InChI is InChI=1S/C8H17N3O3/c1-7(12)11(5-6-14-2)4-3-8(9)10-13/h13H,3-6H2,1-2H3,(H2,9,10). The lowest BCUT2D eigenvalue weighted by atomic mass is 10.3. The Morgan fingerprint density at radius 2 is 2.21 bits per heavy atom. The molecule has 0 aromatic rings. The predicted molar refractivity (Wildman–Crippen MR) is 52.2 cm³/mol. The molecule has 6 nitrogen and oxygen atoms in total. The largest absolute Gasteiger partial charge is 0.409 e. The second-order valence-corrected chi connectivity index (χ2v) is 2.84. The molecule has 0 aliphatic rings. The van der Waals surface area contributed by atoms with Gasteiger partial charge >= 0.3 is 0 Å². The summed E-state index contributed by atoms with van der Waals surface area (Å²) in [7, 11) is 1.57. The van der Waals surface area contributed by atoms with Crippen LogP contribution in [0, 0.1) is 0 Å². The molecule has 0 unspecified atom stereocenters. The maximum atomic E-state index is 11.1. The average Bonchev–Trinajstić information content (AvgIpc) is 2.16. The van der Waals surface area contributed by atoms with Crippen LogP contribution in [0.5, 0.6) is 0 Å². The Bertz CT molecular complexity index is 206. The van der Waals surface area contributed by atoms with E-state index in [1.165, 1.54) is 6.92 Å². The van der Waals surface area contributed by atoms with Crippen molar-refractivity contribution in [1.29, 1.82) is 0 Å². The normalized spacial score (nSPS) is 11.4. The van der Waals surface area contributed by atoms with Crippen molar-refractivity contribution in [3.8, 4) is 0 Å². The summed E-state index contributed by atoms with van der Waals surface area (Å²) in [6.45, 7) is 2.91. The molecule has 0 saturated carbocycles. The van der Waals surface area contributed by atoms with Crippen molar-refractivity contribution in [2.45, 2.75) is 13.3 Å². The molecule has 0 rings (SSSR count). The minimum atomic E-state index is -0.0483. The van der Waals surface area contributed by atoms with Gasteiger partial charge in [0.05, 0.1) is 6.61 Å². The molecule has 0 aromatic heterocycles. The molecular formula is C8H17N3O3. The highest BCUT2D eigenvalue weighted by Crippen LogP contribution is 1.93. The van der Waals surface area contributed by atoms with Gasteiger partial charge < -0.3 is 20.6 Å². The Hall–Kier alpha value is -1.30. The molecule has 0 radical (unpaired) electrons. The first-order valence-electron chi connectivity index (χ1n) is 4.32. The molecule has 0 fully saturated rings. The molecule has 0 spiro atoms. The van der Waals surface area contributed by atoms with E-state index in [2.05, 4.69) is 5.16 Å². The summed E-state index contributed by atoms with van der Waals surface area (Å²) in [6, 6.07) is 0. The minimum Gasteiger partial charge on any atom is -0.409 e. The van der Waals surface area contributed by atoms with E-state index in [0.717, 1.165) is 0 Å². The number of carbonyl (C=O) groups is 1. The summed E-state index contributed by atoms with van der Waals surface area (Å²) in [6.07, 6.45) is 0.361. The molecule has 0 bridgehead atoms. The van der Waals surface area contributed by atoms with Crippen LogP contribution in [0.15, 0.2) is 5.16 Å². The van der Waals surface area contributed by atoms with Gasteiger partial charge in [0, 0.05) is 33.5 Å². The van der Waals surface area contributed by atoms with Crippen LogP contribution in [0.1, 0.15) is 13.3 Å². The van der Waals surface area contributed by atoms with Gasteiger partial charge in [0.2, 0.25) is 5.91 Å². The summed E-state index contributed by atoms with van der Waals surface area (Å²) in [5.74, 6) is 0.0708. The zero-order chi connectivity index (χ0) is 11.0. The lowest BCUT2D eigenvalue weighted by molar-refractivity contribution is -0.129. The van der Waals surface area contributed by atoms with E-state index in [0.29, 0.717) is 26.1 Å². The van der Waals surface area contributed by atoms with Crippen LogP contribution in [0.2, 0.25) is 0 Å². The summed E-state index contributed by atoms with van der Waals surface area (Å²) >= 11 is 0. The highest BCUT2D eigenvalue weighted by Gasteiger charge is 2.08. The molecular weight excluding hydrogens is 186 g/mol. The van der Waals surface area contributed by atoms with Gasteiger partial charge in [-0.2, -0.15) is 0 Å². The number of amidine groups is 1. The summed E-state index contributed by atoms with van der Waals surface area (Å²) in [5.41, 5.74) is 5.28. The van der Waals surface area contributed by atoms with E-state index in [9.17, 15) is 4.79 Å². The number of methoxy groups -OCH3 is 1. The first kappa shape index (κ1) is 12.7. The zero-order valence-electron chi connectivity index (χ0n) is 8.56. The molecule has 6 heteroatoms. The fourth-order valence-electron chi connectivity index (χ4n) is 0.928. The molecule has 0 saturated heterocycles. The Labute approximate surface area is 83.3 Å². The Morgan fingerprint density at radius 3 is 2.64 bits per heavy atom. The third-order valence-corrected chi connectivity index (χ3v) is 1.78. The van der Waals surface area contributed by atoms with Gasteiger partial charge in [0.25, 0.3) is 0 Å². The van der Waals surface area contributed by atoms with E-state index in [1.54, 1.807) is 12.0 Å². The lowest BCUT2D eigenvalue weighted by Crippen LogP contribution is -2.34. The van der Waals surface area contributed by atoms with Crippen molar-refractivity contribution < 1.29 is 14.7 Å². The first-order valence-corrected chi connectivity index (χ1v) is 4.32. The number of oxime groups is 1. The van der Waals surface area contributed by atoms with Gasteiger partial charge in [-0.25, -0.2) is 0 Å². The van der Waals surface area contributed by atoms with Crippen molar-refractivity contribution in [2.75, 3.05) is 26.8 Å². The Kier molecular flexibility index (Phi) is 6.47. The topological polar surface area (TPSA) is 88.2 Å². The van der Waals surface area contributed by atoms with Crippen LogP contribution in [0.4, 0.5) is 0 Å². The molecule has 3 N–H and O–H groups in total. The van der Waals surface area contributed by atoms with E-state index in [1.807, 2.05) is 0 Å². The molecule has 0 aromatic carbocycles. The third kappa shape index (κ3) is 5.36. The second kappa shape index (κ2) is 7.14. The average molecular weight is 203 g/mol. The first-order chi connectivity index (χ1) is 6.61. The van der Waals surface area contributed by atoms with Crippen molar-refractivity contribution in [2.24, 2.45) is 10.9 Å². The van der Waals surface area contributed by atoms with Crippen molar-refractivity contribution in [1.82, 2.24) is 4.90 Å². The fourth-order valence-corrected chi connectivity index (χ4v) is 0.928. The highest BCUT2D eigenvalue weighted by atomic mass is 16.5. The number of ether oxygens (including phenoxy) is 1. The van der Waals surface area contributed by atoms with E-state index in [-0.39, 0.29) is 11.7 Å². The van der Waals surface area contributed by atoms with Gasteiger partial charge in [0.15, 0.2) is 0 Å². The van der Waals surface area contributed by atoms with Crippen LogP contribution in [-0.4, -0.2) is 48.7 Å². The number of amides is 1. The number of nitrogens with two attached hydrogens (primary N) is 1. The van der Waals surface area contributed by atoms with Gasteiger partial charge in [-0.1, -0.05) is 5.16 Å². The van der Waals surface area contributed by atoms with Crippen LogP contribution in [0.3, 0.4) is 0 Å². The number of hydrogen-bond donors (Lipinski definition) is 2. The Balaban J connectivity index is 3.91. The minimum absolute atomic E-state index is 0.0483. The molecule has 0 atom stereocenters. The maximum absolute atomic E-state index is 11.1. The van der Waals surface area contributed by atoms with Crippen LogP contribution < -0.4 is 5.73 Å². The molecule has 0 aliphatic carbocycles. The number of hydrogen-bond acceptors (Lipinski definition) is 4.